The molecule has 3 heterocycles. The van der Waals surface area contributed by atoms with Gasteiger partial charge in [0.2, 0.25) is 0 Å². The minimum absolute atomic E-state index is 0.0653. The molecule has 1 atom stereocenters. The number of amides is 3. The summed E-state index contributed by atoms with van der Waals surface area (Å²) in [5.41, 5.74) is -0.687. The van der Waals surface area contributed by atoms with Gasteiger partial charge in [0.25, 0.3) is 5.91 Å². The van der Waals surface area contributed by atoms with Gasteiger partial charge in [-0.3, -0.25) is 9.69 Å². The largest absolute Gasteiger partial charge is 0.381 e. The van der Waals surface area contributed by atoms with Crippen LogP contribution in [0, 0.1) is 0 Å². The minimum atomic E-state index is -0.687. The Morgan fingerprint density at radius 1 is 1.33 bits per heavy atom. The van der Waals surface area contributed by atoms with Gasteiger partial charge in [0, 0.05) is 38.6 Å². The Kier molecular flexibility index (Phi) is 2.99. The third-order valence-electron chi connectivity index (χ3n) is 4.16. The van der Waals surface area contributed by atoms with Crippen molar-refractivity contribution in [2.24, 2.45) is 0 Å². The molecule has 3 fully saturated rings. The molecule has 0 saturated carbocycles. The van der Waals surface area contributed by atoms with Crippen LogP contribution in [-0.4, -0.2) is 54.7 Å². The van der Waals surface area contributed by atoms with Crippen molar-refractivity contribution in [2.45, 2.75) is 37.3 Å². The fourth-order valence-corrected chi connectivity index (χ4v) is 3.03. The molecule has 3 aliphatic heterocycles. The molecule has 1 spiro atoms. The molecule has 6 heteroatoms. The van der Waals surface area contributed by atoms with E-state index < -0.39 is 5.54 Å². The van der Waals surface area contributed by atoms with E-state index in [2.05, 4.69) is 10.6 Å². The van der Waals surface area contributed by atoms with E-state index in [1.165, 1.54) is 4.90 Å². The molecule has 18 heavy (non-hydrogen) atoms. The van der Waals surface area contributed by atoms with E-state index in [1.807, 2.05) is 0 Å². The van der Waals surface area contributed by atoms with Crippen molar-refractivity contribution in [1.29, 1.82) is 0 Å². The number of carbonyl (C=O) groups is 2. The number of nitrogens with one attached hydrogen (secondary N) is 2. The maximum Gasteiger partial charge on any atom is 0.325 e. The monoisotopic (exact) mass is 253 g/mol. The SMILES string of the molecule is O=C1NC2(CCOCC2)C(=O)N1C[C@H]1CCCN1. The standard InChI is InChI=1S/C12H19N3O3/c16-10-12(3-6-18-7-4-12)14-11(17)15(10)8-9-2-1-5-13-9/h9,13H,1-8H2,(H,14,17)/t9-/m1/s1. The first-order valence-corrected chi connectivity index (χ1v) is 6.66. The maximum absolute atomic E-state index is 12.4. The van der Waals surface area contributed by atoms with E-state index in [0.29, 0.717) is 32.6 Å². The summed E-state index contributed by atoms with van der Waals surface area (Å²) >= 11 is 0. The quantitative estimate of drug-likeness (QED) is 0.671. The lowest BCUT2D eigenvalue weighted by atomic mass is 9.90. The smallest absolute Gasteiger partial charge is 0.325 e. The Hall–Kier alpha value is -1.14. The normalized spacial score (nSPS) is 31.1. The number of ether oxygens (including phenoxy) is 1. The topological polar surface area (TPSA) is 70.7 Å². The van der Waals surface area contributed by atoms with Crippen molar-refractivity contribution in [2.75, 3.05) is 26.3 Å². The van der Waals surface area contributed by atoms with Gasteiger partial charge in [-0.25, -0.2) is 4.79 Å². The van der Waals surface area contributed by atoms with E-state index >= 15 is 0 Å². The van der Waals surface area contributed by atoms with Gasteiger partial charge in [0.15, 0.2) is 0 Å². The highest BCUT2D eigenvalue weighted by atomic mass is 16.5. The molecule has 2 N–H and O–H groups in total. The van der Waals surface area contributed by atoms with Crippen LogP contribution in [0.5, 0.6) is 0 Å². The summed E-state index contributed by atoms with van der Waals surface area (Å²) in [5.74, 6) is -0.0653. The van der Waals surface area contributed by atoms with Gasteiger partial charge in [0.1, 0.15) is 5.54 Å². The van der Waals surface area contributed by atoms with E-state index in [0.717, 1.165) is 19.4 Å². The molecular weight excluding hydrogens is 234 g/mol. The molecular formula is C12H19N3O3. The van der Waals surface area contributed by atoms with Crippen molar-refractivity contribution >= 4 is 11.9 Å². The number of carbonyl (C=O) groups excluding carboxylic acids is 2. The highest BCUT2D eigenvalue weighted by Gasteiger charge is 2.51. The highest BCUT2D eigenvalue weighted by Crippen LogP contribution is 2.28. The molecule has 3 rings (SSSR count). The van der Waals surface area contributed by atoms with Crippen LogP contribution in [0.2, 0.25) is 0 Å². The zero-order valence-corrected chi connectivity index (χ0v) is 10.4. The second kappa shape index (κ2) is 4.51. The predicted molar refractivity (Wildman–Crippen MR) is 64.1 cm³/mol. The second-order valence-corrected chi connectivity index (χ2v) is 5.33. The zero-order valence-electron chi connectivity index (χ0n) is 10.4. The van der Waals surface area contributed by atoms with Crippen LogP contribution in [0.4, 0.5) is 4.79 Å². The van der Waals surface area contributed by atoms with Gasteiger partial charge in [-0.15, -0.1) is 0 Å². The van der Waals surface area contributed by atoms with E-state index in [1.54, 1.807) is 0 Å². The van der Waals surface area contributed by atoms with Crippen LogP contribution < -0.4 is 10.6 Å². The van der Waals surface area contributed by atoms with Crippen molar-refractivity contribution < 1.29 is 14.3 Å². The molecule has 6 nitrogen and oxygen atoms in total. The molecule has 3 aliphatic rings. The molecule has 0 aromatic heterocycles. The third-order valence-corrected chi connectivity index (χ3v) is 4.16. The van der Waals surface area contributed by atoms with Gasteiger partial charge >= 0.3 is 6.03 Å². The van der Waals surface area contributed by atoms with Gasteiger partial charge in [-0.2, -0.15) is 0 Å². The molecule has 0 aromatic carbocycles. The molecule has 100 valence electrons. The predicted octanol–water partition coefficient (Wildman–Crippen LogP) is -0.161. The number of nitrogens with zero attached hydrogens (tertiary/aromatic N) is 1. The van der Waals surface area contributed by atoms with Crippen molar-refractivity contribution in [3.05, 3.63) is 0 Å². The first kappa shape index (κ1) is 11.9. The Labute approximate surface area is 106 Å². The summed E-state index contributed by atoms with van der Waals surface area (Å²) in [7, 11) is 0. The highest BCUT2D eigenvalue weighted by molar-refractivity contribution is 6.07. The summed E-state index contributed by atoms with van der Waals surface area (Å²) in [6, 6.07) is 0.0188. The maximum atomic E-state index is 12.4. The number of hydrogen-bond donors (Lipinski definition) is 2. The lowest BCUT2D eigenvalue weighted by molar-refractivity contribution is -0.134. The third kappa shape index (κ3) is 1.89. The summed E-state index contributed by atoms with van der Waals surface area (Å²) in [6.07, 6.45) is 3.33. The lowest BCUT2D eigenvalue weighted by Gasteiger charge is -2.30. The van der Waals surface area contributed by atoms with Crippen LogP contribution in [0.15, 0.2) is 0 Å². The summed E-state index contributed by atoms with van der Waals surface area (Å²) in [6.45, 7) is 2.56. The van der Waals surface area contributed by atoms with Crippen LogP contribution in [0.1, 0.15) is 25.7 Å². The van der Waals surface area contributed by atoms with E-state index in [-0.39, 0.29) is 18.0 Å². The van der Waals surface area contributed by atoms with Gasteiger partial charge in [-0.1, -0.05) is 0 Å². The Morgan fingerprint density at radius 2 is 2.11 bits per heavy atom. The molecule has 0 unspecified atom stereocenters. The van der Waals surface area contributed by atoms with Crippen LogP contribution in [-0.2, 0) is 9.53 Å². The Bertz CT molecular complexity index is 360. The summed E-state index contributed by atoms with van der Waals surface area (Å²) in [4.78, 5) is 25.8. The van der Waals surface area contributed by atoms with Crippen molar-refractivity contribution in [3.63, 3.8) is 0 Å². The van der Waals surface area contributed by atoms with Crippen LogP contribution in [0.25, 0.3) is 0 Å². The van der Waals surface area contributed by atoms with Crippen LogP contribution >= 0.6 is 0 Å². The second-order valence-electron chi connectivity index (χ2n) is 5.33. The number of hydrogen-bond acceptors (Lipinski definition) is 4. The van der Waals surface area contributed by atoms with E-state index in [9.17, 15) is 9.59 Å². The molecule has 0 aromatic rings. The number of rotatable bonds is 2. The fourth-order valence-electron chi connectivity index (χ4n) is 3.03. The molecule has 0 aliphatic carbocycles. The Balaban J connectivity index is 1.71. The number of urea groups is 1. The van der Waals surface area contributed by atoms with Gasteiger partial charge in [0.05, 0.1) is 0 Å². The average Bonchev–Trinajstić information content (AvgIpc) is 2.95. The molecule has 0 radical (unpaired) electrons. The summed E-state index contributed by atoms with van der Waals surface area (Å²) in [5, 5.41) is 6.19. The zero-order chi connectivity index (χ0) is 12.6. The Morgan fingerprint density at radius 3 is 2.78 bits per heavy atom. The first-order chi connectivity index (χ1) is 8.71. The summed E-state index contributed by atoms with van der Waals surface area (Å²) < 4.78 is 5.27. The van der Waals surface area contributed by atoms with Crippen molar-refractivity contribution in [3.8, 4) is 0 Å². The first-order valence-electron chi connectivity index (χ1n) is 6.66. The average molecular weight is 253 g/mol. The fraction of sp³-hybridized carbons (Fsp3) is 0.833. The minimum Gasteiger partial charge on any atom is -0.381 e. The van der Waals surface area contributed by atoms with Gasteiger partial charge < -0.3 is 15.4 Å². The number of imide groups is 1. The molecule has 3 saturated heterocycles. The molecule has 0 bridgehead atoms. The van der Waals surface area contributed by atoms with Crippen LogP contribution in [0.3, 0.4) is 0 Å². The van der Waals surface area contributed by atoms with Crippen molar-refractivity contribution in [1.82, 2.24) is 15.5 Å². The van der Waals surface area contributed by atoms with E-state index in [4.69, 9.17) is 4.74 Å². The molecule has 3 amide bonds. The van der Waals surface area contributed by atoms with Gasteiger partial charge in [-0.05, 0) is 19.4 Å². The lowest BCUT2D eigenvalue weighted by Crippen LogP contribution is -2.51.